The Morgan fingerprint density at radius 1 is 1.47 bits per heavy atom. The Bertz CT molecular complexity index is 324. The molecule has 0 radical (unpaired) electrons. The molecule has 0 aliphatic rings. The molecule has 1 rings (SSSR count). The van der Waals surface area contributed by atoms with E-state index in [1.807, 2.05) is 0 Å². The maximum atomic E-state index is 12.6. The van der Waals surface area contributed by atoms with Crippen molar-refractivity contribution < 1.29 is 13.9 Å². The van der Waals surface area contributed by atoms with Crippen LogP contribution in [0.15, 0.2) is 24.3 Å². The lowest BCUT2D eigenvalue weighted by atomic mass is 10.0. The van der Waals surface area contributed by atoms with Crippen molar-refractivity contribution in [3.8, 4) is 0 Å². The first-order valence-corrected chi connectivity index (χ1v) is 4.68. The largest absolute Gasteiger partial charge is 0.469 e. The lowest BCUT2D eigenvalue weighted by Crippen LogP contribution is -2.26. The molecule has 0 amide bonds. The lowest BCUT2D eigenvalue weighted by Gasteiger charge is -2.09. The number of esters is 1. The van der Waals surface area contributed by atoms with E-state index in [1.165, 1.54) is 19.2 Å². The number of ether oxygens (including phenoxy) is 1. The molecule has 3 nitrogen and oxygen atoms in total. The highest BCUT2D eigenvalue weighted by Crippen LogP contribution is 2.06. The topological polar surface area (TPSA) is 52.3 Å². The Morgan fingerprint density at radius 2 is 2.07 bits per heavy atom. The lowest BCUT2D eigenvalue weighted by molar-refractivity contribution is -0.140. The molecule has 0 heterocycles. The number of carbonyl (C=O) groups is 1. The quantitative estimate of drug-likeness (QED) is 0.763. The van der Waals surface area contributed by atoms with Crippen molar-refractivity contribution in [2.24, 2.45) is 5.73 Å². The van der Waals surface area contributed by atoms with Gasteiger partial charge < -0.3 is 10.5 Å². The molecule has 0 aromatic heterocycles. The zero-order chi connectivity index (χ0) is 11.3. The van der Waals surface area contributed by atoms with Gasteiger partial charge in [0.25, 0.3) is 0 Å². The molecule has 0 bridgehead atoms. The number of halogens is 1. The summed E-state index contributed by atoms with van der Waals surface area (Å²) in [5, 5.41) is 0. The van der Waals surface area contributed by atoms with Gasteiger partial charge in [0, 0.05) is 6.04 Å². The van der Waals surface area contributed by atoms with Gasteiger partial charge >= 0.3 is 5.97 Å². The van der Waals surface area contributed by atoms with Gasteiger partial charge in [-0.3, -0.25) is 4.79 Å². The van der Waals surface area contributed by atoms with Gasteiger partial charge in [0.15, 0.2) is 0 Å². The number of benzene rings is 1. The molecule has 4 heteroatoms. The highest BCUT2D eigenvalue weighted by atomic mass is 19.1. The van der Waals surface area contributed by atoms with E-state index in [0.29, 0.717) is 6.42 Å². The van der Waals surface area contributed by atoms with Crippen LogP contribution in [0.1, 0.15) is 12.0 Å². The normalized spacial score (nSPS) is 12.2. The summed E-state index contributed by atoms with van der Waals surface area (Å²) < 4.78 is 17.1. The predicted molar refractivity (Wildman–Crippen MR) is 54.7 cm³/mol. The smallest absolute Gasteiger partial charge is 0.307 e. The molecule has 0 aliphatic heterocycles. The number of hydrogen-bond donors (Lipinski definition) is 1. The second-order valence-corrected chi connectivity index (χ2v) is 3.37. The van der Waals surface area contributed by atoms with E-state index in [1.54, 1.807) is 12.1 Å². The molecule has 0 spiro atoms. The van der Waals surface area contributed by atoms with Crippen LogP contribution in [0.4, 0.5) is 4.39 Å². The fourth-order valence-corrected chi connectivity index (χ4v) is 1.29. The molecule has 15 heavy (non-hydrogen) atoms. The minimum absolute atomic E-state index is 0.174. The van der Waals surface area contributed by atoms with Crippen LogP contribution >= 0.6 is 0 Å². The molecule has 2 N–H and O–H groups in total. The molecule has 0 fully saturated rings. The Morgan fingerprint density at radius 3 is 2.60 bits per heavy atom. The Kier molecular flexibility index (Phi) is 4.24. The summed E-state index contributed by atoms with van der Waals surface area (Å²) in [6.07, 6.45) is 0.712. The first-order chi connectivity index (χ1) is 7.11. The van der Waals surface area contributed by atoms with Crippen LogP contribution in [0.5, 0.6) is 0 Å². The van der Waals surface area contributed by atoms with Crippen molar-refractivity contribution in [1.82, 2.24) is 0 Å². The van der Waals surface area contributed by atoms with Gasteiger partial charge in [-0.05, 0) is 24.1 Å². The summed E-state index contributed by atoms with van der Waals surface area (Å²) in [4.78, 5) is 10.9. The summed E-state index contributed by atoms with van der Waals surface area (Å²) in [5.74, 6) is -0.607. The summed E-state index contributed by atoms with van der Waals surface area (Å²) in [6, 6.07) is 5.78. The van der Waals surface area contributed by atoms with Gasteiger partial charge in [0.2, 0.25) is 0 Å². The fraction of sp³-hybridized carbons (Fsp3) is 0.364. The van der Waals surface area contributed by atoms with Crippen LogP contribution in [0, 0.1) is 5.82 Å². The van der Waals surface area contributed by atoms with Crippen molar-refractivity contribution >= 4 is 5.97 Å². The van der Waals surface area contributed by atoms with E-state index in [-0.39, 0.29) is 24.2 Å². The Labute approximate surface area is 88.0 Å². The Balaban J connectivity index is 2.47. The predicted octanol–water partition coefficient (Wildman–Crippen LogP) is 1.26. The van der Waals surface area contributed by atoms with Crippen molar-refractivity contribution in [2.75, 3.05) is 7.11 Å². The van der Waals surface area contributed by atoms with E-state index < -0.39 is 0 Å². The summed E-state index contributed by atoms with van der Waals surface area (Å²) in [7, 11) is 1.33. The second-order valence-electron chi connectivity index (χ2n) is 3.37. The number of rotatable bonds is 4. The third kappa shape index (κ3) is 4.08. The average molecular weight is 211 g/mol. The summed E-state index contributed by atoms with van der Waals surface area (Å²) in [6.45, 7) is 0. The molecule has 0 unspecified atom stereocenters. The molecule has 1 aromatic carbocycles. The Hall–Kier alpha value is -1.42. The van der Waals surface area contributed by atoms with Crippen LogP contribution in [0.25, 0.3) is 0 Å². The molecule has 0 aliphatic carbocycles. The van der Waals surface area contributed by atoms with Crippen LogP contribution in [-0.4, -0.2) is 19.1 Å². The van der Waals surface area contributed by atoms with Crippen LogP contribution in [0.2, 0.25) is 0 Å². The molecule has 0 saturated heterocycles. The van der Waals surface area contributed by atoms with Gasteiger partial charge in [-0.25, -0.2) is 4.39 Å². The number of hydrogen-bond acceptors (Lipinski definition) is 3. The molecular formula is C11H14FNO2. The molecule has 0 saturated carbocycles. The van der Waals surface area contributed by atoms with Gasteiger partial charge in [-0.15, -0.1) is 0 Å². The summed E-state index contributed by atoms with van der Waals surface area (Å²) in [5.41, 5.74) is 6.64. The number of methoxy groups -OCH3 is 1. The molecule has 82 valence electrons. The van der Waals surface area contributed by atoms with Crippen molar-refractivity contribution in [3.63, 3.8) is 0 Å². The SMILES string of the molecule is COC(=O)C[C@@H](N)Cc1ccc(F)cc1. The van der Waals surface area contributed by atoms with E-state index in [9.17, 15) is 9.18 Å². The van der Waals surface area contributed by atoms with Crippen molar-refractivity contribution in [2.45, 2.75) is 18.9 Å². The van der Waals surface area contributed by atoms with E-state index >= 15 is 0 Å². The van der Waals surface area contributed by atoms with Crippen LogP contribution in [0.3, 0.4) is 0 Å². The standard InChI is InChI=1S/C11H14FNO2/c1-15-11(14)7-10(13)6-8-2-4-9(12)5-3-8/h2-5,10H,6-7,13H2,1H3/t10-/m0/s1. The van der Waals surface area contributed by atoms with E-state index in [2.05, 4.69) is 4.74 Å². The minimum Gasteiger partial charge on any atom is -0.469 e. The third-order valence-electron chi connectivity index (χ3n) is 2.07. The van der Waals surface area contributed by atoms with Gasteiger partial charge in [0.05, 0.1) is 13.5 Å². The molecule has 1 aromatic rings. The zero-order valence-electron chi connectivity index (χ0n) is 8.57. The monoisotopic (exact) mass is 211 g/mol. The zero-order valence-corrected chi connectivity index (χ0v) is 8.57. The average Bonchev–Trinajstić information content (AvgIpc) is 2.21. The second kappa shape index (κ2) is 5.46. The number of carbonyl (C=O) groups excluding carboxylic acids is 1. The van der Waals surface area contributed by atoms with Gasteiger partial charge in [-0.1, -0.05) is 12.1 Å². The van der Waals surface area contributed by atoms with E-state index in [0.717, 1.165) is 5.56 Å². The summed E-state index contributed by atoms with van der Waals surface area (Å²) >= 11 is 0. The minimum atomic E-state index is -0.329. The molecule has 1 atom stereocenters. The van der Waals surface area contributed by atoms with Crippen LogP contribution in [-0.2, 0) is 16.0 Å². The van der Waals surface area contributed by atoms with E-state index in [4.69, 9.17) is 5.73 Å². The highest BCUT2D eigenvalue weighted by molar-refractivity contribution is 5.69. The first-order valence-electron chi connectivity index (χ1n) is 4.68. The molecular weight excluding hydrogens is 197 g/mol. The van der Waals surface area contributed by atoms with Gasteiger partial charge in [-0.2, -0.15) is 0 Å². The third-order valence-corrected chi connectivity index (χ3v) is 2.07. The van der Waals surface area contributed by atoms with Gasteiger partial charge in [0.1, 0.15) is 5.82 Å². The van der Waals surface area contributed by atoms with Crippen LogP contribution < -0.4 is 5.73 Å². The van der Waals surface area contributed by atoms with Crippen molar-refractivity contribution in [1.29, 1.82) is 0 Å². The number of nitrogens with two attached hydrogens (primary N) is 1. The fourth-order valence-electron chi connectivity index (χ4n) is 1.29. The maximum Gasteiger partial charge on any atom is 0.307 e. The highest BCUT2D eigenvalue weighted by Gasteiger charge is 2.10. The first kappa shape index (κ1) is 11.7. The van der Waals surface area contributed by atoms with Crippen molar-refractivity contribution in [3.05, 3.63) is 35.6 Å². The maximum absolute atomic E-state index is 12.6.